The maximum atomic E-state index is 12.0. The van der Waals surface area contributed by atoms with Crippen molar-refractivity contribution in [3.05, 3.63) is 0 Å². The molecule has 0 amide bonds. The summed E-state index contributed by atoms with van der Waals surface area (Å²) in [4.78, 5) is 0. The lowest BCUT2D eigenvalue weighted by Gasteiger charge is -2.21. The summed E-state index contributed by atoms with van der Waals surface area (Å²) >= 11 is 0. The van der Waals surface area contributed by atoms with Crippen LogP contribution in [0.4, 0.5) is 22.0 Å². The molecule has 0 aliphatic heterocycles. The second-order valence-electron chi connectivity index (χ2n) is 19.9. The van der Waals surface area contributed by atoms with Crippen molar-refractivity contribution in [1.29, 1.82) is 0 Å². The number of ether oxygens (including phenoxy) is 1. The third-order valence-corrected chi connectivity index (χ3v) is 7.08. The normalized spacial score (nSPS) is 13.1. The molecule has 0 saturated heterocycles. The molecule has 2 atom stereocenters. The molecule has 0 fully saturated rings. The van der Waals surface area contributed by atoms with Gasteiger partial charge in [0.05, 0.1) is 41.5 Å². The van der Waals surface area contributed by atoms with Gasteiger partial charge in [0.25, 0.3) is 0 Å². The molecule has 0 aromatic rings. The molecular weight excluding hydrogens is 743 g/mol. The Labute approximate surface area is 351 Å². The van der Waals surface area contributed by atoms with E-state index in [4.69, 9.17) is 20.1 Å². The van der Waals surface area contributed by atoms with Gasteiger partial charge in [-0.2, -0.15) is 13.2 Å². The molecule has 0 spiro atoms. The Kier molecular flexibility index (Phi) is 49.2. The fraction of sp³-hybridized carbons (Fsp3) is 1.00. The van der Waals surface area contributed by atoms with Gasteiger partial charge in [0, 0.05) is 13.0 Å². The summed E-state index contributed by atoms with van der Waals surface area (Å²) in [7, 11) is 0. The fourth-order valence-electron chi connectivity index (χ4n) is 4.63. The van der Waals surface area contributed by atoms with Crippen molar-refractivity contribution in [3.63, 3.8) is 0 Å². The first kappa shape index (κ1) is 70.9. The van der Waals surface area contributed by atoms with Crippen LogP contribution in [-0.4, -0.2) is 80.4 Å². The predicted molar refractivity (Wildman–Crippen MR) is 236 cm³/mol. The number of hydrogen-bond acceptors (Lipinski definition) is 6. The number of halogens is 5. The van der Waals surface area contributed by atoms with E-state index in [0.717, 1.165) is 44.4 Å². The molecule has 0 aliphatic rings. The average Bonchev–Trinajstić information content (AvgIpc) is 2.92. The summed E-state index contributed by atoms with van der Waals surface area (Å²) in [5.74, 6) is 1.36. The van der Waals surface area contributed by atoms with Crippen LogP contribution >= 0.6 is 0 Å². The van der Waals surface area contributed by atoms with Crippen molar-refractivity contribution in [2.24, 2.45) is 41.4 Å². The molecule has 0 rings (SSSR count). The fourth-order valence-corrected chi connectivity index (χ4v) is 4.63. The molecule has 0 aromatic carbocycles. The Morgan fingerprint density at radius 1 is 0.561 bits per heavy atom. The summed E-state index contributed by atoms with van der Waals surface area (Å²) in [5, 5.41) is 44.6. The maximum Gasteiger partial charge on any atom is 0.392 e. The number of alkyl halides is 5. The summed E-state index contributed by atoms with van der Waals surface area (Å²) in [6.07, 6.45) is 0.0794. The molecule has 5 N–H and O–H groups in total. The number of hydrogen-bond donors (Lipinski definition) is 5. The zero-order chi connectivity index (χ0) is 47.6. The van der Waals surface area contributed by atoms with E-state index in [9.17, 15) is 32.2 Å². The van der Waals surface area contributed by atoms with Crippen LogP contribution in [0.1, 0.15) is 204 Å². The smallest absolute Gasteiger partial charge is 0.392 e. The molecule has 2 unspecified atom stereocenters. The molecule has 356 valence electrons. The average molecular weight is 845 g/mol. The van der Waals surface area contributed by atoms with E-state index < -0.39 is 35.3 Å². The van der Waals surface area contributed by atoms with Gasteiger partial charge in [-0.25, -0.2) is 8.78 Å². The molecule has 0 aliphatic carbocycles. The van der Waals surface area contributed by atoms with Gasteiger partial charge in [-0.05, 0) is 143 Å². The van der Waals surface area contributed by atoms with Crippen molar-refractivity contribution in [2.75, 3.05) is 13.2 Å². The molecule has 0 heterocycles. The van der Waals surface area contributed by atoms with Gasteiger partial charge in [-0.1, -0.05) is 90.0 Å². The van der Waals surface area contributed by atoms with E-state index in [1.807, 2.05) is 48.5 Å². The SMILES string of the molecule is CC(C)CC(C)(C)O.CC(C)CC(C)O.CC(C)CC(F)F.CC(C)CCC(C)(C)O.CC(C)CCCO.CC(C)OCC(C)(C)O.CCC(C(C)C)C(F)(F)F. The minimum absolute atomic E-state index is 0.0278. The zero-order valence-electron chi connectivity index (χ0n) is 41.4. The quantitative estimate of drug-likeness (QED) is 0.0933. The van der Waals surface area contributed by atoms with E-state index in [1.165, 1.54) is 0 Å². The van der Waals surface area contributed by atoms with Gasteiger partial charge in [0.2, 0.25) is 6.43 Å². The molecule has 0 bridgehead atoms. The van der Waals surface area contributed by atoms with Gasteiger partial charge in [0.15, 0.2) is 0 Å². The Morgan fingerprint density at radius 3 is 1.02 bits per heavy atom. The molecular formula is C46H101F5O6. The highest BCUT2D eigenvalue weighted by Crippen LogP contribution is 2.33. The number of rotatable bonds is 17. The first-order chi connectivity index (χ1) is 25.2. The van der Waals surface area contributed by atoms with Crippen molar-refractivity contribution < 1.29 is 52.2 Å². The lowest BCUT2D eigenvalue weighted by Crippen LogP contribution is -2.27. The minimum Gasteiger partial charge on any atom is -0.396 e. The third kappa shape index (κ3) is 96.8. The van der Waals surface area contributed by atoms with E-state index in [0.29, 0.717) is 31.0 Å². The Morgan fingerprint density at radius 2 is 0.965 bits per heavy atom. The standard InChI is InChI=1S/C8H18O.C7H13F3.C7H16O2.C7H16O.2C6H14O.C5H10F2/c1-7(2)5-6-8(3,4)9;1-4-6(5(2)3)7(8,9)10;1-6(2)9-5-7(3,4)8;1-6(2)5-7(3,4)8;1-5(2)4-6(3)7;1-6(2)4-3-5-7;1-4(2)3-5(6)7/h7,9H,5-6H2,1-4H3;5-6H,4H2,1-3H3;6,8H,5H2,1-4H3;6,8H,5H2,1-4H3;5-7H,4H2,1-3H3;6-7H,3-5H2,1-2H3;4-5H,3H2,1-2H3. The van der Waals surface area contributed by atoms with Gasteiger partial charge in [-0.3, -0.25) is 0 Å². The van der Waals surface area contributed by atoms with Gasteiger partial charge in [0.1, 0.15) is 0 Å². The molecule has 0 saturated carbocycles. The second-order valence-corrected chi connectivity index (χ2v) is 19.9. The topological polar surface area (TPSA) is 110 Å². The van der Waals surface area contributed by atoms with Crippen LogP contribution in [0.3, 0.4) is 0 Å². The van der Waals surface area contributed by atoms with Crippen LogP contribution in [0.5, 0.6) is 0 Å². The molecule has 6 nitrogen and oxygen atoms in total. The lowest BCUT2D eigenvalue weighted by atomic mass is 9.93. The van der Waals surface area contributed by atoms with Gasteiger partial charge in [-0.15, -0.1) is 0 Å². The summed E-state index contributed by atoms with van der Waals surface area (Å²) < 4.78 is 63.6. The maximum absolute atomic E-state index is 12.0. The molecule has 0 radical (unpaired) electrons. The van der Waals surface area contributed by atoms with Crippen molar-refractivity contribution >= 4 is 0 Å². The van der Waals surface area contributed by atoms with E-state index in [-0.39, 0.29) is 36.9 Å². The molecule has 57 heavy (non-hydrogen) atoms. The summed E-state index contributed by atoms with van der Waals surface area (Å²) in [6, 6.07) is 0. The van der Waals surface area contributed by atoms with Crippen LogP contribution in [-0.2, 0) is 4.74 Å². The minimum atomic E-state index is -4.01. The van der Waals surface area contributed by atoms with E-state index in [2.05, 4.69) is 55.4 Å². The highest BCUT2D eigenvalue weighted by molar-refractivity contribution is 4.69. The van der Waals surface area contributed by atoms with E-state index in [1.54, 1.807) is 48.5 Å². The molecule has 0 aromatic heterocycles. The highest BCUT2D eigenvalue weighted by atomic mass is 19.4. The number of aliphatic hydroxyl groups is 5. The summed E-state index contributed by atoms with van der Waals surface area (Å²) in [5.41, 5.74) is -1.64. The first-order valence-corrected chi connectivity index (χ1v) is 21.6. The van der Waals surface area contributed by atoms with E-state index >= 15 is 0 Å². The van der Waals surface area contributed by atoms with Crippen LogP contribution in [0.25, 0.3) is 0 Å². The van der Waals surface area contributed by atoms with Crippen LogP contribution in [0.15, 0.2) is 0 Å². The van der Waals surface area contributed by atoms with Gasteiger partial charge < -0.3 is 30.3 Å². The monoisotopic (exact) mass is 845 g/mol. The van der Waals surface area contributed by atoms with Crippen molar-refractivity contribution in [3.8, 4) is 0 Å². The van der Waals surface area contributed by atoms with Crippen LogP contribution in [0, 0.1) is 41.4 Å². The first-order valence-electron chi connectivity index (χ1n) is 21.6. The van der Waals surface area contributed by atoms with Gasteiger partial charge >= 0.3 is 6.18 Å². The Hall–Kier alpha value is -0.590. The largest absolute Gasteiger partial charge is 0.396 e. The van der Waals surface area contributed by atoms with Crippen LogP contribution in [0.2, 0.25) is 0 Å². The molecule has 11 heteroatoms. The lowest BCUT2D eigenvalue weighted by molar-refractivity contribution is -0.186. The second kappa shape index (κ2) is 39.5. The third-order valence-electron chi connectivity index (χ3n) is 7.08. The summed E-state index contributed by atoms with van der Waals surface area (Å²) in [6.45, 7) is 42.8. The van der Waals surface area contributed by atoms with Crippen molar-refractivity contribution in [1.82, 2.24) is 0 Å². The Bertz CT molecular complexity index is 730. The number of aliphatic hydroxyl groups excluding tert-OH is 2. The predicted octanol–water partition coefficient (Wildman–Crippen LogP) is 13.5. The highest BCUT2D eigenvalue weighted by Gasteiger charge is 2.39. The Balaban J connectivity index is -0.000000103. The van der Waals surface area contributed by atoms with Crippen molar-refractivity contribution in [2.45, 2.75) is 245 Å². The zero-order valence-corrected chi connectivity index (χ0v) is 41.4. The van der Waals surface area contributed by atoms with Crippen LogP contribution < -0.4 is 0 Å².